The summed E-state index contributed by atoms with van der Waals surface area (Å²) in [6.07, 6.45) is 3.40. The Bertz CT molecular complexity index is 568. The van der Waals surface area contributed by atoms with E-state index in [0.717, 1.165) is 25.9 Å². The molecule has 1 amide bonds. The summed E-state index contributed by atoms with van der Waals surface area (Å²) in [6, 6.07) is 8.89. The van der Waals surface area contributed by atoms with Gasteiger partial charge in [0.05, 0.1) is 0 Å². The van der Waals surface area contributed by atoms with Crippen LogP contribution in [0.2, 0.25) is 0 Å². The first-order valence-corrected chi connectivity index (χ1v) is 8.29. The second kappa shape index (κ2) is 4.84. The Morgan fingerprint density at radius 3 is 2.90 bits per heavy atom. The normalized spacial score (nSPS) is 35.0. The molecular formula is C18H24N2O. The zero-order valence-electron chi connectivity index (χ0n) is 12.7. The molecule has 1 heterocycles. The van der Waals surface area contributed by atoms with E-state index in [2.05, 4.69) is 36.1 Å². The van der Waals surface area contributed by atoms with Crippen molar-refractivity contribution in [2.75, 3.05) is 13.1 Å². The highest BCUT2D eigenvalue weighted by molar-refractivity contribution is 5.84. The maximum absolute atomic E-state index is 12.8. The molecule has 1 aromatic rings. The molecule has 0 radical (unpaired) electrons. The van der Waals surface area contributed by atoms with Gasteiger partial charge in [0.25, 0.3) is 0 Å². The molecule has 2 N–H and O–H groups in total. The van der Waals surface area contributed by atoms with Crippen LogP contribution in [0.5, 0.6) is 0 Å². The van der Waals surface area contributed by atoms with E-state index >= 15 is 0 Å². The molecule has 1 saturated heterocycles. The molecule has 4 rings (SSSR count). The molecule has 2 aliphatic carbocycles. The Balaban J connectivity index is 1.49. The lowest BCUT2D eigenvalue weighted by molar-refractivity contribution is -0.132. The van der Waals surface area contributed by atoms with E-state index in [-0.39, 0.29) is 12.0 Å². The van der Waals surface area contributed by atoms with Crippen LogP contribution >= 0.6 is 0 Å². The molecular weight excluding hydrogens is 260 g/mol. The highest BCUT2D eigenvalue weighted by Crippen LogP contribution is 2.60. The van der Waals surface area contributed by atoms with Gasteiger partial charge in [-0.05, 0) is 55.1 Å². The van der Waals surface area contributed by atoms with E-state index in [1.165, 1.54) is 17.5 Å². The van der Waals surface area contributed by atoms with Gasteiger partial charge in [0.1, 0.15) is 0 Å². The Hall–Kier alpha value is -1.35. The van der Waals surface area contributed by atoms with Gasteiger partial charge >= 0.3 is 0 Å². The maximum Gasteiger partial charge on any atom is 0.226 e. The summed E-state index contributed by atoms with van der Waals surface area (Å²) in [5.41, 5.74) is 8.90. The van der Waals surface area contributed by atoms with Gasteiger partial charge in [0.15, 0.2) is 0 Å². The van der Waals surface area contributed by atoms with Gasteiger partial charge in [0, 0.05) is 25.0 Å². The molecule has 1 aromatic carbocycles. The number of carbonyl (C=O) groups is 1. The summed E-state index contributed by atoms with van der Waals surface area (Å²) in [4.78, 5) is 14.9. The summed E-state index contributed by atoms with van der Waals surface area (Å²) < 4.78 is 0. The number of aryl methyl sites for hydroxylation is 1. The first kappa shape index (κ1) is 13.3. The lowest BCUT2D eigenvalue weighted by Crippen LogP contribution is -2.34. The summed E-state index contributed by atoms with van der Waals surface area (Å²) in [5.74, 6) is 2.23. The Morgan fingerprint density at radius 1 is 1.33 bits per heavy atom. The Kier molecular flexibility index (Phi) is 3.07. The SMILES string of the molecule is CC(N)C1CCN(C(=O)C2C3CCc4ccccc4C32)C1. The van der Waals surface area contributed by atoms with Crippen LogP contribution in [0.25, 0.3) is 0 Å². The fraction of sp³-hybridized carbons (Fsp3) is 0.611. The van der Waals surface area contributed by atoms with Crippen LogP contribution in [-0.2, 0) is 11.2 Å². The standard InChI is InChI=1S/C18H24N2O/c1-11(19)13-8-9-20(10-13)18(21)17-15-7-6-12-4-2-3-5-14(12)16(15)17/h2-5,11,13,15-17H,6-10,19H2,1H3. The van der Waals surface area contributed by atoms with Crippen LogP contribution in [0.3, 0.4) is 0 Å². The zero-order chi connectivity index (χ0) is 14.6. The van der Waals surface area contributed by atoms with Crippen LogP contribution in [0.4, 0.5) is 0 Å². The average molecular weight is 284 g/mol. The number of benzene rings is 1. The Morgan fingerprint density at radius 2 is 2.14 bits per heavy atom. The predicted molar refractivity (Wildman–Crippen MR) is 82.8 cm³/mol. The summed E-state index contributed by atoms with van der Waals surface area (Å²) >= 11 is 0. The third-order valence-corrected chi connectivity index (χ3v) is 5.89. The first-order chi connectivity index (χ1) is 10.2. The molecule has 3 nitrogen and oxygen atoms in total. The maximum atomic E-state index is 12.8. The summed E-state index contributed by atoms with van der Waals surface area (Å²) in [6.45, 7) is 3.84. The van der Waals surface area contributed by atoms with Gasteiger partial charge < -0.3 is 10.6 Å². The summed E-state index contributed by atoms with van der Waals surface area (Å²) in [5, 5.41) is 0. The van der Waals surface area contributed by atoms with Gasteiger partial charge in [-0.15, -0.1) is 0 Å². The van der Waals surface area contributed by atoms with Crippen LogP contribution in [0.1, 0.15) is 36.8 Å². The van der Waals surface area contributed by atoms with E-state index in [0.29, 0.717) is 23.7 Å². The highest BCUT2D eigenvalue weighted by atomic mass is 16.2. The number of rotatable bonds is 2. The molecule has 1 aliphatic heterocycles. The van der Waals surface area contributed by atoms with Crippen molar-refractivity contribution in [2.45, 2.75) is 38.1 Å². The third-order valence-electron chi connectivity index (χ3n) is 5.89. The minimum atomic E-state index is 0.199. The fourth-order valence-corrected chi connectivity index (χ4v) is 4.53. The minimum Gasteiger partial charge on any atom is -0.342 e. The molecule has 112 valence electrons. The number of hydrogen-bond acceptors (Lipinski definition) is 2. The average Bonchev–Trinajstić information content (AvgIpc) is 3.02. The molecule has 1 saturated carbocycles. The number of nitrogens with zero attached hydrogens (tertiary/aromatic N) is 1. The second-order valence-electron chi connectivity index (χ2n) is 7.15. The zero-order valence-corrected chi connectivity index (χ0v) is 12.7. The first-order valence-electron chi connectivity index (χ1n) is 8.29. The van der Waals surface area contributed by atoms with Crippen molar-refractivity contribution < 1.29 is 4.79 Å². The molecule has 2 fully saturated rings. The molecule has 21 heavy (non-hydrogen) atoms. The van der Waals surface area contributed by atoms with Crippen LogP contribution in [-0.4, -0.2) is 29.9 Å². The van der Waals surface area contributed by atoms with Crippen LogP contribution in [0, 0.1) is 17.8 Å². The van der Waals surface area contributed by atoms with E-state index in [1.54, 1.807) is 0 Å². The molecule has 0 spiro atoms. The summed E-state index contributed by atoms with van der Waals surface area (Å²) in [7, 11) is 0. The van der Waals surface area contributed by atoms with E-state index in [1.807, 2.05) is 0 Å². The monoisotopic (exact) mass is 284 g/mol. The van der Waals surface area contributed by atoms with Crippen molar-refractivity contribution in [3.05, 3.63) is 35.4 Å². The smallest absolute Gasteiger partial charge is 0.226 e. The van der Waals surface area contributed by atoms with E-state index in [9.17, 15) is 4.79 Å². The Labute approximate surface area is 126 Å². The lowest BCUT2D eigenvalue weighted by atomic mass is 9.92. The van der Waals surface area contributed by atoms with Gasteiger partial charge in [-0.25, -0.2) is 0 Å². The molecule has 3 heteroatoms. The quantitative estimate of drug-likeness (QED) is 0.904. The minimum absolute atomic E-state index is 0.199. The molecule has 0 aromatic heterocycles. The van der Waals surface area contributed by atoms with Crippen LogP contribution in [0.15, 0.2) is 24.3 Å². The molecule has 3 aliphatic rings. The van der Waals surface area contributed by atoms with Gasteiger partial charge in [0.2, 0.25) is 5.91 Å². The largest absolute Gasteiger partial charge is 0.342 e. The van der Waals surface area contributed by atoms with Crippen molar-refractivity contribution in [1.82, 2.24) is 4.90 Å². The highest BCUT2D eigenvalue weighted by Gasteiger charge is 2.58. The fourth-order valence-electron chi connectivity index (χ4n) is 4.53. The van der Waals surface area contributed by atoms with Crippen molar-refractivity contribution in [3.63, 3.8) is 0 Å². The van der Waals surface area contributed by atoms with Gasteiger partial charge in [-0.3, -0.25) is 4.79 Å². The van der Waals surface area contributed by atoms with Crippen molar-refractivity contribution in [1.29, 1.82) is 0 Å². The second-order valence-corrected chi connectivity index (χ2v) is 7.15. The third kappa shape index (κ3) is 2.10. The number of hydrogen-bond donors (Lipinski definition) is 1. The topological polar surface area (TPSA) is 46.3 Å². The predicted octanol–water partition coefficient (Wildman–Crippen LogP) is 2.16. The number of carbonyl (C=O) groups excluding carboxylic acids is 1. The van der Waals surface area contributed by atoms with Gasteiger partial charge in [-0.2, -0.15) is 0 Å². The number of amides is 1. The number of nitrogens with two attached hydrogens (primary N) is 1. The number of fused-ring (bicyclic) bond motifs is 3. The molecule has 5 atom stereocenters. The lowest BCUT2D eigenvalue weighted by Gasteiger charge is -2.18. The molecule has 0 bridgehead atoms. The van der Waals surface area contributed by atoms with Gasteiger partial charge in [-0.1, -0.05) is 24.3 Å². The van der Waals surface area contributed by atoms with Crippen molar-refractivity contribution in [2.24, 2.45) is 23.5 Å². The van der Waals surface area contributed by atoms with Crippen molar-refractivity contribution in [3.8, 4) is 0 Å². The van der Waals surface area contributed by atoms with E-state index in [4.69, 9.17) is 5.73 Å². The molecule has 5 unspecified atom stereocenters. The van der Waals surface area contributed by atoms with Crippen molar-refractivity contribution >= 4 is 5.91 Å². The van der Waals surface area contributed by atoms with Crippen LogP contribution < -0.4 is 5.73 Å². The number of likely N-dealkylation sites (tertiary alicyclic amines) is 1. The van der Waals surface area contributed by atoms with E-state index < -0.39 is 0 Å².